The van der Waals surface area contributed by atoms with Gasteiger partial charge in [-0.25, -0.2) is 4.98 Å². The summed E-state index contributed by atoms with van der Waals surface area (Å²) < 4.78 is 0.999. The van der Waals surface area contributed by atoms with E-state index in [0.717, 1.165) is 29.5 Å². The Bertz CT molecular complexity index is 719. The fourth-order valence-electron chi connectivity index (χ4n) is 3.27. The summed E-state index contributed by atoms with van der Waals surface area (Å²) >= 11 is 1.37. The predicted molar refractivity (Wildman–Crippen MR) is 124 cm³/mol. The Hall–Kier alpha value is -1.79. The molecule has 0 aliphatic heterocycles. The Morgan fingerprint density at radius 3 is 2.33 bits per heavy atom. The second-order valence-electron chi connectivity index (χ2n) is 7.80. The molecule has 1 aliphatic rings. The van der Waals surface area contributed by atoms with E-state index in [1.165, 1.54) is 43.4 Å². The van der Waals surface area contributed by atoms with E-state index >= 15 is 0 Å². The molecule has 0 amide bonds. The molecule has 0 spiro atoms. The number of carboxylic acid groups (broad SMARTS) is 1. The van der Waals surface area contributed by atoms with Gasteiger partial charge < -0.3 is 10.2 Å². The molecule has 0 radical (unpaired) electrons. The van der Waals surface area contributed by atoms with Crippen molar-refractivity contribution in [2.75, 3.05) is 0 Å². The fraction of sp³-hybridized carbons (Fsp3) is 0.625. The van der Waals surface area contributed by atoms with Crippen molar-refractivity contribution in [3.8, 4) is 0 Å². The maximum absolute atomic E-state index is 12.2. The molecule has 0 bridgehead atoms. The third-order valence-corrected chi connectivity index (χ3v) is 5.93. The monoisotopic (exact) mass is 435 g/mol. The summed E-state index contributed by atoms with van der Waals surface area (Å²) in [7, 11) is 0. The summed E-state index contributed by atoms with van der Waals surface area (Å²) in [6.07, 6.45) is 9.06. The maximum atomic E-state index is 12.2. The van der Waals surface area contributed by atoms with Gasteiger partial charge in [-0.05, 0) is 37.3 Å². The second kappa shape index (κ2) is 15.1. The predicted octanol–water partition coefficient (Wildman–Crippen LogP) is 6.49. The molecule has 1 fully saturated rings. The number of nitrogens with zero attached hydrogens (tertiary/aromatic N) is 1. The maximum Gasteiger partial charge on any atom is 0.303 e. The molecule has 1 heterocycles. The quantitative estimate of drug-likeness (QED) is 0.463. The van der Waals surface area contributed by atoms with E-state index in [1.54, 1.807) is 0 Å². The lowest BCUT2D eigenvalue weighted by atomic mass is 9.98. The molecule has 1 atom stereocenters. The molecule has 1 aliphatic carbocycles. The molecule has 168 valence electrons. The van der Waals surface area contributed by atoms with Crippen molar-refractivity contribution in [2.45, 2.75) is 91.1 Å². The number of aliphatic hydroxyl groups excluding tert-OH is 1. The summed E-state index contributed by atoms with van der Waals surface area (Å²) in [5.41, 5.74) is 0.837. The number of Topliss-reactive ketones (excluding diaryl/α,β-unsaturated/α-hetero) is 1. The number of unbranched alkanes of at least 4 members (excludes halogenated alkanes) is 1. The van der Waals surface area contributed by atoms with Crippen LogP contribution in [0.25, 0.3) is 10.2 Å². The largest absolute Gasteiger partial charge is 0.481 e. The van der Waals surface area contributed by atoms with Crippen LogP contribution in [0.2, 0.25) is 0 Å². The number of para-hydroxylation sites is 1. The standard InChI is InChI=1S/C16H19NO2S.C5H10O2.C3H8/c18-13(10-9-11-5-1-2-6-11)15(19)16-17-12-7-3-4-8-14(12)20-16;1-2-3-4-5(6)7;1-3-2/h3-4,7-8,11,13,18H,1-2,5-6,9-10H2;2-4H2,1H3,(H,6,7);3H2,1-2H3. The first kappa shape index (κ1) is 26.2. The third kappa shape index (κ3) is 9.81. The minimum atomic E-state index is -0.892. The highest BCUT2D eigenvalue weighted by Gasteiger charge is 2.23. The molecular weight excluding hydrogens is 398 g/mol. The number of hydrogen-bond acceptors (Lipinski definition) is 5. The number of ketones is 1. The lowest BCUT2D eigenvalue weighted by Crippen LogP contribution is -2.21. The molecule has 1 aromatic heterocycles. The number of carboxylic acids is 1. The van der Waals surface area contributed by atoms with Gasteiger partial charge in [0.05, 0.1) is 10.2 Å². The van der Waals surface area contributed by atoms with Gasteiger partial charge >= 0.3 is 5.97 Å². The molecular formula is C24H37NO4S. The van der Waals surface area contributed by atoms with Crippen LogP contribution in [0.4, 0.5) is 0 Å². The number of carbonyl (C=O) groups excluding carboxylic acids is 1. The number of thiazole rings is 1. The highest BCUT2D eigenvalue weighted by Crippen LogP contribution is 2.30. The molecule has 5 nitrogen and oxygen atoms in total. The summed E-state index contributed by atoms with van der Waals surface area (Å²) in [5.74, 6) is -0.209. The van der Waals surface area contributed by atoms with Crippen LogP contribution in [-0.2, 0) is 4.79 Å². The van der Waals surface area contributed by atoms with Gasteiger partial charge in [0.15, 0.2) is 5.01 Å². The van der Waals surface area contributed by atoms with Crippen LogP contribution in [0, 0.1) is 5.92 Å². The second-order valence-corrected chi connectivity index (χ2v) is 8.83. The molecule has 30 heavy (non-hydrogen) atoms. The molecule has 0 saturated heterocycles. The summed E-state index contributed by atoms with van der Waals surface area (Å²) in [6, 6.07) is 7.69. The van der Waals surface area contributed by atoms with Crippen LogP contribution in [-0.4, -0.2) is 33.1 Å². The number of rotatable bonds is 8. The van der Waals surface area contributed by atoms with Crippen molar-refractivity contribution in [2.24, 2.45) is 5.92 Å². The van der Waals surface area contributed by atoms with E-state index in [0.29, 0.717) is 23.8 Å². The van der Waals surface area contributed by atoms with E-state index in [-0.39, 0.29) is 5.78 Å². The van der Waals surface area contributed by atoms with Gasteiger partial charge in [-0.2, -0.15) is 0 Å². The first-order valence-corrected chi connectivity index (χ1v) is 12.0. The average Bonchev–Trinajstić information content (AvgIpc) is 3.40. The number of benzene rings is 1. The van der Waals surface area contributed by atoms with Gasteiger partial charge in [-0.15, -0.1) is 11.3 Å². The van der Waals surface area contributed by atoms with Crippen molar-refractivity contribution in [3.63, 3.8) is 0 Å². The van der Waals surface area contributed by atoms with E-state index in [4.69, 9.17) is 5.11 Å². The van der Waals surface area contributed by atoms with E-state index in [2.05, 4.69) is 18.8 Å². The zero-order valence-corrected chi connectivity index (χ0v) is 19.4. The minimum absolute atomic E-state index is 0.218. The molecule has 2 aromatic rings. The van der Waals surface area contributed by atoms with Crippen LogP contribution in [0.3, 0.4) is 0 Å². The van der Waals surface area contributed by atoms with Crippen molar-refractivity contribution < 1.29 is 19.8 Å². The van der Waals surface area contributed by atoms with Gasteiger partial charge in [0.2, 0.25) is 5.78 Å². The molecule has 1 saturated carbocycles. The molecule has 1 aromatic carbocycles. The van der Waals surface area contributed by atoms with Crippen molar-refractivity contribution in [1.82, 2.24) is 4.98 Å². The highest BCUT2D eigenvalue weighted by atomic mass is 32.1. The van der Waals surface area contributed by atoms with Crippen LogP contribution in [0.1, 0.15) is 94.8 Å². The van der Waals surface area contributed by atoms with Crippen molar-refractivity contribution >= 4 is 33.3 Å². The average molecular weight is 436 g/mol. The SMILES string of the molecule is CCC.CCCCC(=O)O.O=C(c1nc2ccccc2s1)C(O)CCC1CCCC1. The van der Waals surface area contributed by atoms with Gasteiger partial charge in [0.1, 0.15) is 6.10 Å². The minimum Gasteiger partial charge on any atom is -0.481 e. The number of aromatic nitrogens is 1. The lowest BCUT2D eigenvalue weighted by Gasteiger charge is -2.11. The van der Waals surface area contributed by atoms with Gasteiger partial charge in [-0.1, -0.05) is 71.4 Å². The summed E-state index contributed by atoms with van der Waals surface area (Å²) in [6.45, 7) is 6.23. The Kier molecular flexibility index (Phi) is 13.2. The topological polar surface area (TPSA) is 87.5 Å². The highest BCUT2D eigenvalue weighted by molar-refractivity contribution is 7.20. The molecule has 6 heteroatoms. The molecule has 1 unspecified atom stereocenters. The first-order chi connectivity index (χ1) is 14.4. The number of aliphatic hydroxyl groups is 1. The van der Waals surface area contributed by atoms with Crippen LogP contribution in [0.15, 0.2) is 24.3 Å². The Labute approximate surface area is 184 Å². The molecule has 2 N–H and O–H groups in total. The van der Waals surface area contributed by atoms with Gasteiger partial charge in [0.25, 0.3) is 0 Å². The Morgan fingerprint density at radius 2 is 1.80 bits per heavy atom. The zero-order valence-electron chi connectivity index (χ0n) is 18.6. The van der Waals surface area contributed by atoms with Crippen LogP contribution < -0.4 is 0 Å². The first-order valence-electron chi connectivity index (χ1n) is 11.2. The molecule has 3 rings (SSSR count). The Morgan fingerprint density at radius 1 is 1.17 bits per heavy atom. The number of hydrogen-bond donors (Lipinski definition) is 2. The third-order valence-electron chi connectivity index (χ3n) is 4.87. The van der Waals surface area contributed by atoms with Gasteiger partial charge in [-0.3, -0.25) is 9.59 Å². The Balaban J connectivity index is 0.000000380. The zero-order chi connectivity index (χ0) is 22.4. The fourth-order valence-corrected chi connectivity index (χ4v) is 4.23. The van der Waals surface area contributed by atoms with Crippen LogP contribution >= 0.6 is 11.3 Å². The van der Waals surface area contributed by atoms with E-state index in [9.17, 15) is 14.7 Å². The van der Waals surface area contributed by atoms with Crippen LogP contribution in [0.5, 0.6) is 0 Å². The smallest absolute Gasteiger partial charge is 0.303 e. The normalized spacial score (nSPS) is 14.4. The number of aliphatic carboxylic acids is 1. The lowest BCUT2D eigenvalue weighted by molar-refractivity contribution is -0.137. The summed E-state index contributed by atoms with van der Waals surface area (Å²) in [4.78, 5) is 26.3. The van der Waals surface area contributed by atoms with Gasteiger partial charge in [0, 0.05) is 6.42 Å². The number of carbonyl (C=O) groups is 2. The summed E-state index contributed by atoms with van der Waals surface area (Å²) in [5, 5.41) is 18.6. The van der Waals surface area contributed by atoms with Crippen molar-refractivity contribution in [1.29, 1.82) is 0 Å². The number of fused-ring (bicyclic) bond motifs is 1. The van der Waals surface area contributed by atoms with Crippen molar-refractivity contribution in [3.05, 3.63) is 29.3 Å². The van der Waals surface area contributed by atoms with E-state index < -0.39 is 12.1 Å². The van der Waals surface area contributed by atoms with E-state index in [1.807, 2.05) is 31.2 Å².